The van der Waals surface area contributed by atoms with Crippen molar-refractivity contribution in [3.63, 3.8) is 0 Å². The second kappa shape index (κ2) is 3.74. The number of ether oxygens (including phenoxy) is 1. The Balaban J connectivity index is 2.62. The van der Waals surface area contributed by atoms with Gasteiger partial charge in [0.1, 0.15) is 12.4 Å². The van der Waals surface area contributed by atoms with E-state index in [1.165, 1.54) is 9.75 Å². The molecule has 1 aromatic heterocycles. The van der Waals surface area contributed by atoms with Crippen molar-refractivity contribution in [2.45, 2.75) is 13.8 Å². The fraction of sp³-hybridized carbons (Fsp3) is 0.500. The molecule has 0 atom stereocenters. The van der Waals surface area contributed by atoms with Crippen molar-refractivity contribution in [2.75, 3.05) is 13.2 Å². The smallest absolute Gasteiger partial charge is 0.133 e. The molecule has 1 rings (SSSR count). The summed E-state index contributed by atoms with van der Waals surface area (Å²) >= 11 is 1.71. The third-order valence-electron chi connectivity index (χ3n) is 1.34. The van der Waals surface area contributed by atoms with Crippen molar-refractivity contribution in [3.8, 4) is 5.75 Å². The van der Waals surface area contributed by atoms with E-state index >= 15 is 0 Å². The summed E-state index contributed by atoms with van der Waals surface area (Å²) in [4.78, 5) is 2.42. The van der Waals surface area contributed by atoms with Crippen LogP contribution in [0.2, 0.25) is 0 Å². The number of aryl methyl sites for hydroxylation is 2. The van der Waals surface area contributed by atoms with Crippen LogP contribution in [-0.4, -0.2) is 18.3 Å². The number of aliphatic hydroxyl groups is 1. The zero-order valence-electron chi connectivity index (χ0n) is 6.76. The van der Waals surface area contributed by atoms with Crippen LogP contribution in [0, 0.1) is 13.8 Å². The van der Waals surface area contributed by atoms with Gasteiger partial charge < -0.3 is 9.84 Å². The van der Waals surface area contributed by atoms with E-state index in [0.717, 1.165) is 5.75 Å². The predicted molar refractivity (Wildman–Crippen MR) is 46.4 cm³/mol. The minimum Gasteiger partial charge on any atom is -0.490 e. The summed E-state index contributed by atoms with van der Waals surface area (Å²) in [6.07, 6.45) is 0. The largest absolute Gasteiger partial charge is 0.490 e. The Bertz CT molecular complexity index is 230. The molecule has 0 unspecified atom stereocenters. The molecule has 0 aliphatic carbocycles. The Morgan fingerprint density at radius 3 is 2.73 bits per heavy atom. The molecule has 1 heterocycles. The van der Waals surface area contributed by atoms with Gasteiger partial charge in [-0.3, -0.25) is 0 Å². The highest BCUT2D eigenvalue weighted by atomic mass is 32.1. The number of aliphatic hydroxyl groups excluding tert-OH is 1. The summed E-state index contributed by atoms with van der Waals surface area (Å²) in [5.41, 5.74) is 0. The van der Waals surface area contributed by atoms with Crippen LogP contribution in [-0.2, 0) is 0 Å². The fourth-order valence-corrected chi connectivity index (χ4v) is 1.77. The Morgan fingerprint density at radius 2 is 2.27 bits per heavy atom. The van der Waals surface area contributed by atoms with Gasteiger partial charge in [-0.25, -0.2) is 0 Å². The van der Waals surface area contributed by atoms with Gasteiger partial charge in [-0.2, -0.15) is 0 Å². The fourth-order valence-electron chi connectivity index (χ4n) is 0.906. The molecule has 1 N–H and O–H groups in total. The van der Waals surface area contributed by atoms with Gasteiger partial charge in [-0.1, -0.05) is 0 Å². The summed E-state index contributed by atoms with van der Waals surface area (Å²) in [6, 6.07) is 2.00. The van der Waals surface area contributed by atoms with E-state index < -0.39 is 0 Å². The second-order valence-corrected chi connectivity index (χ2v) is 3.81. The van der Waals surface area contributed by atoms with Gasteiger partial charge >= 0.3 is 0 Å². The minimum absolute atomic E-state index is 0.0777. The molecule has 0 bridgehead atoms. The molecule has 11 heavy (non-hydrogen) atoms. The monoisotopic (exact) mass is 172 g/mol. The Hall–Kier alpha value is -0.540. The van der Waals surface area contributed by atoms with E-state index in [9.17, 15) is 0 Å². The maximum absolute atomic E-state index is 8.50. The number of rotatable bonds is 3. The van der Waals surface area contributed by atoms with Gasteiger partial charge in [0.2, 0.25) is 0 Å². The first-order chi connectivity index (χ1) is 5.24. The number of thiophene rings is 1. The van der Waals surface area contributed by atoms with Crippen molar-refractivity contribution in [3.05, 3.63) is 15.8 Å². The molecule has 0 spiro atoms. The molecule has 3 heteroatoms. The third kappa shape index (κ3) is 2.20. The normalized spacial score (nSPS) is 10.1. The Kier molecular flexibility index (Phi) is 2.91. The minimum atomic E-state index is 0.0777. The highest BCUT2D eigenvalue weighted by Gasteiger charge is 2.01. The van der Waals surface area contributed by atoms with Crippen molar-refractivity contribution in [1.29, 1.82) is 0 Å². The highest BCUT2D eigenvalue weighted by Crippen LogP contribution is 2.27. The molecule has 0 saturated carbocycles. The zero-order chi connectivity index (χ0) is 8.27. The number of hydrogen-bond acceptors (Lipinski definition) is 3. The molecule has 0 aromatic carbocycles. The van der Waals surface area contributed by atoms with Crippen LogP contribution in [0.1, 0.15) is 9.75 Å². The van der Waals surface area contributed by atoms with Gasteiger partial charge in [0.05, 0.1) is 6.61 Å². The average molecular weight is 172 g/mol. The molecular weight excluding hydrogens is 160 g/mol. The number of hydrogen-bond donors (Lipinski definition) is 1. The van der Waals surface area contributed by atoms with Crippen molar-refractivity contribution >= 4 is 11.3 Å². The molecule has 0 aliphatic rings. The average Bonchev–Trinajstić information content (AvgIpc) is 2.26. The van der Waals surface area contributed by atoms with Crippen LogP contribution in [0.25, 0.3) is 0 Å². The molecule has 1 aromatic rings. The first-order valence-electron chi connectivity index (χ1n) is 3.54. The molecular formula is C8H12O2S. The molecule has 0 saturated heterocycles. The topological polar surface area (TPSA) is 29.5 Å². The SMILES string of the molecule is Cc1cc(OCCO)c(C)s1. The van der Waals surface area contributed by atoms with E-state index in [1.807, 2.05) is 19.9 Å². The molecule has 62 valence electrons. The lowest BCUT2D eigenvalue weighted by Gasteiger charge is -2.00. The van der Waals surface area contributed by atoms with Gasteiger partial charge in [-0.05, 0) is 19.9 Å². The quantitative estimate of drug-likeness (QED) is 0.752. The predicted octanol–water partition coefficient (Wildman–Crippen LogP) is 1.74. The summed E-state index contributed by atoms with van der Waals surface area (Å²) in [7, 11) is 0. The summed E-state index contributed by atoms with van der Waals surface area (Å²) in [5, 5.41) is 8.50. The molecule has 0 amide bonds. The van der Waals surface area contributed by atoms with Crippen molar-refractivity contribution in [1.82, 2.24) is 0 Å². The molecule has 0 fully saturated rings. The summed E-state index contributed by atoms with van der Waals surface area (Å²) in [6.45, 7) is 4.53. The standard InChI is InChI=1S/C8H12O2S/c1-6-5-8(7(2)11-6)10-4-3-9/h5,9H,3-4H2,1-2H3. The van der Waals surface area contributed by atoms with Crippen LogP contribution in [0.3, 0.4) is 0 Å². The first kappa shape index (κ1) is 8.56. The van der Waals surface area contributed by atoms with Gasteiger partial charge in [0, 0.05) is 9.75 Å². The van der Waals surface area contributed by atoms with Crippen LogP contribution in [0.4, 0.5) is 0 Å². The second-order valence-electron chi connectivity index (χ2n) is 2.35. The van der Waals surface area contributed by atoms with Crippen LogP contribution >= 0.6 is 11.3 Å². The van der Waals surface area contributed by atoms with E-state index in [1.54, 1.807) is 11.3 Å². The van der Waals surface area contributed by atoms with Gasteiger partial charge in [0.15, 0.2) is 0 Å². The maximum Gasteiger partial charge on any atom is 0.133 e. The lowest BCUT2D eigenvalue weighted by atomic mass is 10.4. The van der Waals surface area contributed by atoms with Crippen LogP contribution in [0.5, 0.6) is 5.75 Å². The zero-order valence-corrected chi connectivity index (χ0v) is 7.57. The van der Waals surface area contributed by atoms with E-state index in [2.05, 4.69) is 0 Å². The Labute approximate surface area is 70.4 Å². The van der Waals surface area contributed by atoms with Crippen molar-refractivity contribution in [2.24, 2.45) is 0 Å². The lowest BCUT2D eigenvalue weighted by Crippen LogP contribution is -2.01. The molecule has 2 nitrogen and oxygen atoms in total. The lowest BCUT2D eigenvalue weighted by molar-refractivity contribution is 0.201. The third-order valence-corrected chi connectivity index (χ3v) is 2.29. The Morgan fingerprint density at radius 1 is 1.55 bits per heavy atom. The first-order valence-corrected chi connectivity index (χ1v) is 4.36. The summed E-state index contributed by atoms with van der Waals surface area (Å²) < 4.78 is 5.27. The summed E-state index contributed by atoms with van der Waals surface area (Å²) in [5.74, 6) is 0.904. The van der Waals surface area contributed by atoms with E-state index in [0.29, 0.717) is 6.61 Å². The van der Waals surface area contributed by atoms with Gasteiger partial charge in [0.25, 0.3) is 0 Å². The maximum atomic E-state index is 8.50. The highest BCUT2D eigenvalue weighted by molar-refractivity contribution is 7.12. The van der Waals surface area contributed by atoms with Crippen molar-refractivity contribution < 1.29 is 9.84 Å². The van der Waals surface area contributed by atoms with Crippen LogP contribution in [0.15, 0.2) is 6.07 Å². The molecule has 0 radical (unpaired) electrons. The van der Waals surface area contributed by atoms with E-state index in [-0.39, 0.29) is 6.61 Å². The van der Waals surface area contributed by atoms with Gasteiger partial charge in [-0.15, -0.1) is 11.3 Å². The molecule has 0 aliphatic heterocycles. The van der Waals surface area contributed by atoms with Crippen LogP contribution < -0.4 is 4.74 Å². The van der Waals surface area contributed by atoms with E-state index in [4.69, 9.17) is 9.84 Å².